The Morgan fingerprint density at radius 1 is 1.20 bits per heavy atom. The highest BCUT2D eigenvalue weighted by molar-refractivity contribution is 7.99. The molecule has 0 aliphatic carbocycles. The van der Waals surface area contributed by atoms with Crippen LogP contribution in [0.1, 0.15) is 38.6 Å². The SMILES string of the molecule is CCC(C)NC(=O)CSc1nnc(CSc2ccc(C)cc2)n1CC. The number of hydrogen-bond donors (Lipinski definition) is 1. The van der Waals surface area contributed by atoms with E-state index in [1.165, 1.54) is 22.2 Å². The predicted octanol–water partition coefficient (Wildman–Crippen LogP) is 3.91. The minimum Gasteiger partial charge on any atom is -0.353 e. The molecule has 1 atom stereocenters. The maximum Gasteiger partial charge on any atom is 0.230 e. The summed E-state index contributed by atoms with van der Waals surface area (Å²) in [6.07, 6.45) is 0.932. The molecule has 2 rings (SSSR count). The molecule has 1 aromatic heterocycles. The van der Waals surface area contributed by atoms with Gasteiger partial charge in [0.05, 0.1) is 11.5 Å². The molecule has 0 bridgehead atoms. The highest BCUT2D eigenvalue weighted by Gasteiger charge is 2.14. The number of rotatable bonds is 9. The van der Waals surface area contributed by atoms with Gasteiger partial charge in [-0.05, 0) is 39.3 Å². The van der Waals surface area contributed by atoms with Gasteiger partial charge < -0.3 is 9.88 Å². The molecule has 1 amide bonds. The number of aromatic nitrogens is 3. The van der Waals surface area contributed by atoms with Crippen molar-refractivity contribution in [2.24, 2.45) is 0 Å². The molecular formula is C18H26N4OS2. The second kappa shape index (κ2) is 9.87. The van der Waals surface area contributed by atoms with Gasteiger partial charge in [0.15, 0.2) is 5.16 Å². The van der Waals surface area contributed by atoms with Gasteiger partial charge in [0, 0.05) is 17.5 Å². The number of carbonyl (C=O) groups excluding carboxylic acids is 1. The average Bonchev–Trinajstić information content (AvgIpc) is 3.01. The maximum atomic E-state index is 11.9. The summed E-state index contributed by atoms with van der Waals surface area (Å²) in [5.41, 5.74) is 1.26. The normalized spacial score (nSPS) is 12.2. The highest BCUT2D eigenvalue weighted by atomic mass is 32.2. The van der Waals surface area contributed by atoms with Gasteiger partial charge in [0.1, 0.15) is 5.82 Å². The van der Waals surface area contributed by atoms with E-state index >= 15 is 0 Å². The molecule has 0 saturated heterocycles. The molecule has 136 valence electrons. The third kappa shape index (κ3) is 6.08. The molecule has 0 aliphatic rings. The molecule has 7 heteroatoms. The molecule has 1 aromatic carbocycles. The van der Waals surface area contributed by atoms with Crippen LogP contribution in [-0.2, 0) is 17.1 Å². The van der Waals surface area contributed by atoms with Gasteiger partial charge in [0.25, 0.3) is 0 Å². The molecule has 0 aliphatic heterocycles. The fourth-order valence-electron chi connectivity index (χ4n) is 2.18. The molecule has 0 fully saturated rings. The number of thioether (sulfide) groups is 2. The van der Waals surface area contributed by atoms with E-state index in [1.807, 2.05) is 6.92 Å². The molecule has 1 N–H and O–H groups in total. The van der Waals surface area contributed by atoms with Crippen molar-refractivity contribution in [3.8, 4) is 0 Å². The number of nitrogens with zero attached hydrogens (tertiary/aromatic N) is 3. The molecule has 25 heavy (non-hydrogen) atoms. The van der Waals surface area contributed by atoms with E-state index in [2.05, 4.69) is 65.1 Å². The van der Waals surface area contributed by atoms with E-state index in [0.717, 1.165) is 29.7 Å². The molecule has 0 spiro atoms. The Labute approximate surface area is 158 Å². The van der Waals surface area contributed by atoms with E-state index in [-0.39, 0.29) is 11.9 Å². The van der Waals surface area contributed by atoms with Crippen LogP contribution in [0.4, 0.5) is 0 Å². The lowest BCUT2D eigenvalue weighted by molar-refractivity contribution is -0.119. The van der Waals surface area contributed by atoms with Crippen LogP contribution in [0.15, 0.2) is 34.3 Å². The Morgan fingerprint density at radius 2 is 1.92 bits per heavy atom. The summed E-state index contributed by atoms with van der Waals surface area (Å²) in [5.74, 6) is 2.12. The first kappa shape index (κ1) is 19.8. The fourth-order valence-corrected chi connectivity index (χ4v) is 3.85. The third-order valence-corrected chi connectivity index (χ3v) is 5.83. The van der Waals surface area contributed by atoms with E-state index in [0.29, 0.717) is 5.75 Å². The monoisotopic (exact) mass is 378 g/mol. The zero-order valence-electron chi connectivity index (χ0n) is 15.3. The zero-order chi connectivity index (χ0) is 18.2. The summed E-state index contributed by atoms with van der Waals surface area (Å²) in [6, 6.07) is 8.69. The van der Waals surface area contributed by atoms with Crippen molar-refractivity contribution in [1.82, 2.24) is 20.1 Å². The molecule has 0 saturated carbocycles. The van der Waals surface area contributed by atoms with Crippen molar-refractivity contribution in [3.05, 3.63) is 35.7 Å². The minimum absolute atomic E-state index is 0.0422. The minimum atomic E-state index is 0.0422. The van der Waals surface area contributed by atoms with Crippen LogP contribution < -0.4 is 5.32 Å². The van der Waals surface area contributed by atoms with E-state index in [4.69, 9.17) is 0 Å². The van der Waals surface area contributed by atoms with Crippen molar-refractivity contribution in [2.45, 2.75) is 62.5 Å². The van der Waals surface area contributed by atoms with Gasteiger partial charge in [-0.3, -0.25) is 4.79 Å². The van der Waals surface area contributed by atoms with Gasteiger partial charge in [-0.1, -0.05) is 36.4 Å². The van der Waals surface area contributed by atoms with Crippen LogP contribution in [0.25, 0.3) is 0 Å². The molecular weight excluding hydrogens is 352 g/mol. The van der Waals surface area contributed by atoms with Gasteiger partial charge in [-0.2, -0.15) is 0 Å². The van der Waals surface area contributed by atoms with Gasteiger partial charge >= 0.3 is 0 Å². The van der Waals surface area contributed by atoms with Crippen LogP contribution in [0.2, 0.25) is 0 Å². The maximum absolute atomic E-state index is 11.9. The number of benzene rings is 1. The van der Waals surface area contributed by atoms with Gasteiger partial charge in [-0.25, -0.2) is 0 Å². The lowest BCUT2D eigenvalue weighted by atomic mass is 10.2. The lowest BCUT2D eigenvalue weighted by Crippen LogP contribution is -2.33. The Bertz CT molecular complexity index is 685. The quantitative estimate of drug-likeness (QED) is 0.671. The molecule has 5 nitrogen and oxygen atoms in total. The molecule has 0 radical (unpaired) electrons. The lowest BCUT2D eigenvalue weighted by Gasteiger charge is -2.11. The molecule has 1 unspecified atom stereocenters. The highest BCUT2D eigenvalue weighted by Crippen LogP contribution is 2.24. The Hall–Kier alpha value is -1.47. The number of nitrogens with one attached hydrogen (secondary N) is 1. The van der Waals surface area contributed by atoms with Gasteiger partial charge in [0.2, 0.25) is 5.91 Å². The van der Waals surface area contributed by atoms with Crippen LogP contribution in [0, 0.1) is 6.92 Å². The van der Waals surface area contributed by atoms with Crippen LogP contribution in [0.3, 0.4) is 0 Å². The summed E-state index contributed by atoms with van der Waals surface area (Å²) in [6.45, 7) is 9.03. The van der Waals surface area contributed by atoms with Crippen molar-refractivity contribution in [1.29, 1.82) is 0 Å². The summed E-state index contributed by atoms with van der Waals surface area (Å²) in [4.78, 5) is 13.2. The van der Waals surface area contributed by atoms with E-state index in [9.17, 15) is 4.79 Å². The number of hydrogen-bond acceptors (Lipinski definition) is 5. The van der Waals surface area contributed by atoms with E-state index < -0.39 is 0 Å². The predicted molar refractivity (Wildman–Crippen MR) is 105 cm³/mol. The summed E-state index contributed by atoms with van der Waals surface area (Å²) >= 11 is 3.19. The van der Waals surface area contributed by atoms with Crippen molar-refractivity contribution < 1.29 is 4.79 Å². The van der Waals surface area contributed by atoms with Crippen molar-refractivity contribution >= 4 is 29.4 Å². The second-order valence-corrected chi connectivity index (χ2v) is 7.90. The Balaban J connectivity index is 1.93. The van der Waals surface area contributed by atoms with Crippen LogP contribution in [0.5, 0.6) is 0 Å². The summed E-state index contributed by atoms with van der Waals surface area (Å²) in [5, 5.41) is 12.4. The van der Waals surface area contributed by atoms with Crippen LogP contribution >= 0.6 is 23.5 Å². The van der Waals surface area contributed by atoms with Crippen LogP contribution in [-0.4, -0.2) is 32.5 Å². The molecule has 1 heterocycles. The number of aryl methyl sites for hydroxylation is 1. The fraction of sp³-hybridized carbons (Fsp3) is 0.500. The van der Waals surface area contributed by atoms with Crippen molar-refractivity contribution in [3.63, 3.8) is 0 Å². The first-order chi connectivity index (χ1) is 12.0. The summed E-state index contributed by atoms with van der Waals surface area (Å²) in [7, 11) is 0. The largest absolute Gasteiger partial charge is 0.353 e. The molecule has 2 aromatic rings. The third-order valence-electron chi connectivity index (χ3n) is 3.85. The van der Waals surface area contributed by atoms with Gasteiger partial charge in [-0.15, -0.1) is 22.0 Å². The topological polar surface area (TPSA) is 59.8 Å². The first-order valence-electron chi connectivity index (χ1n) is 8.57. The first-order valence-corrected chi connectivity index (χ1v) is 10.5. The smallest absolute Gasteiger partial charge is 0.230 e. The average molecular weight is 379 g/mol. The second-order valence-electron chi connectivity index (χ2n) is 5.91. The van der Waals surface area contributed by atoms with Crippen molar-refractivity contribution in [2.75, 3.05) is 5.75 Å². The van der Waals surface area contributed by atoms with E-state index in [1.54, 1.807) is 11.8 Å². The summed E-state index contributed by atoms with van der Waals surface area (Å²) < 4.78 is 2.09. The zero-order valence-corrected chi connectivity index (χ0v) is 16.9. The number of amides is 1. The standard InChI is InChI=1S/C18H26N4OS2/c1-5-14(4)19-17(23)12-25-18-21-20-16(22(18)6-2)11-24-15-9-7-13(3)8-10-15/h7-10,14H,5-6,11-12H2,1-4H3,(H,19,23). The Kier molecular flexibility index (Phi) is 7.84. The number of carbonyl (C=O) groups is 1. The Morgan fingerprint density at radius 3 is 2.56 bits per heavy atom.